The molecule has 0 aromatic rings. The molecule has 2 unspecified atom stereocenters. The van der Waals surface area contributed by atoms with Crippen LogP contribution in [0, 0.1) is 5.92 Å². The molecule has 2 heterocycles. The highest BCUT2D eigenvalue weighted by Crippen LogP contribution is 2.21. The summed E-state index contributed by atoms with van der Waals surface area (Å²) in [5.74, 6) is 0.402. The molecule has 5 nitrogen and oxygen atoms in total. The van der Waals surface area contributed by atoms with Crippen molar-refractivity contribution in [1.82, 2.24) is 4.90 Å². The molecule has 0 spiro atoms. The molecule has 122 valence electrons. The number of rotatable bonds is 5. The molecule has 2 saturated heterocycles. The average molecular weight is 298 g/mol. The van der Waals surface area contributed by atoms with Crippen molar-refractivity contribution in [2.75, 3.05) is 32.9 Å². The zero-order valence-corrected chi connectivity index (χ0v) is 13.3. The van der Waals surface area contributed by atoms with Crippen molar-refractivity contribution in [3.8, 4) is 0 Å². The first kappa shape index (κ1) is 16.7. The van der Waals surface area contributed by atoms with Crippen LogP contribution in [0.25, 0.3) is 0 Å². The summed E-state index contributed by atoms with van der Waals surface area (Å²) in [5.41, 5.74) is 6.21. The van der Waals surface area contributed by atoms with Crippen LogP contribution < -0.4 is 5.73 Å². The fraction of sp³-hybridized carbons (Fsp3) is 0.938. The molecule has 0 aliphatic carbocycles. The summed E-state index contributed by atoms with van der Waals surface area (Å²) in [7, 11) is 0. The second-order valence-electron chi connectivity index (χ2n) is 6.22. The van der Waals surface area contributed by atoms with Crippen molar-refractivity contribution in [2.45, 2.75) is 57.6 Å². The molecule has 2 aliphatic heterocycles. The Labute approximate surface area is 128 Å². The quantitative estimate of drug-likeness (QED) is 0.836. The van der Waals surface area contributed by atoms with Crippen LogP contribution in [0.2, 0.25) is 0 Å². The number of carbonyl (C=O) groups is 1. The molecule has 0 radical (unpaired) electrons. The first-order chi connectivity index (χ1) is 10.2. The predicted molar refractivity (Wildman–Crippen MR) is 82.0 cm³/mol. The molecule has 0 aromatic carbocycles. The molecule has 2 rings (SSSR count). The number of amides is 1. The van der Waals surface area contributed by atoms with E-state index >= 15 is 0 Å². The summed E-state index contributed by atoms with van der Waals surface area (Å²) in [6, 6.07) is -0.359. The van der Waals surface area contributed by atoms with E-state index in [2.05, 4.69) is 6.92 Å². The Bertz CT molecular complexity index is 319. The number of carbonyl (C=O) groups excluding carboxylic acids is 1. The van der Waals surface area contributed by atoms with Gasteiger partial charge in [-0.05, 0) is 44.4 Å². The maximum atomic E-state index is 12.6. The zero-order chi connectivity index (χ0) is 15.1. The van der Waals surface area contributed by atoms with Gasteiger partial charge in [0.2, 0.25) is 5.91 Å². The lowest BCUT2D eigenvalue weighted by atomic mass is 9.91. The smallest absolute Gasteiger partial charge is 0.239 e. The van der Waals surface area contributed by atoms with Gasteiger partial charge in [0.15, 0.2) is 0 Å². The second kappa shape index (κ2) is 8.71. The third-order valence-electron chi connectivity index (χ3n) is 4.60. The third kappa shape index (κ3) is 4.94. The largest absolute Gasteiger partial charge is 0.381 e. The van der Waals surface area contributed by atoms with Gasteiger partial charge in [-0.1, -0.05) is 6.92 Å². The van der Waals surface area contributed by atoms with Crippen molar-refractivity contribution in [2.24, 2.45) is 11.7 Å². The number of nitrogens with zero attached hydrogens (tertiary/aromatic N) is 1. The van der Waals surface area contributed by atoms with Gasteiger partial charge in [0.25, 0.3) is 0 Å². The van der Waals surface area contributed by atoms with Gasteiger partial charge in [-0.15, -0.1) is 0 Å². The Morgan fingerprint density at radius 3 is 2.76 bits per heavy atom. The predicted octanol–water partition coefficient (Wildman–Crippen LogP) is 1.55. The fourth-order valence-electron chi connectivity index (χ4n) is 3.22. The standard InChI is InChI=1S/C16H30N2O3/c1-2-10-21-14-4-3-8-18(9-5-14)16(19)15(17)13-6-11-20-12-7-13/h13-15H,2-12,17H2,1H3. The van der Waals surface area contributed by atoms with Gasteiger partial charge in [0.05, 0.1) is 12.1 Å². The summed E-state index contributed by atoms with van der Waals surface area (Å²) < 4.78 is 11.2. The maximum Gasteiger partial charge on any atom is 0.239 e. The first-order valence-electron chi connectivity index (χ1n) is 8.46. The molecule has 1 amide bonds. The Hall–Kier alpha value is -0.650. The summed E-state index contributed by atoms with van der Waals surface area (Å²) >= 11 is 0. The van der Waals surface area contributed by atoms with E-state index < -0.39 is 0 Å². The van der Waals surface area contributed by atoms with Gasteiger partial charge in [-0.25, -0.2) is 0 Å². The van der Waals surface area contributed by atoms with Gasteiger partial charge in [-0.2, -0.15) is 0 Å². The van der Waals surface area contributed by atoms with Crippen LogP contribution in [0.4, 0.5) is 0 Å². The Morgan fingerprint density at radius 1 is 1.29 bits per heavy atom. The number of ether oxygens (including phenoxy) is 2. The van der Waals surface area contributed by atoms with Crippen LogP contribution in [0.5, 0.6) is 0 Å². The van der Waals surface area contributed by atoms with Crippen LogP contribution in [0.3, 0.4) is 0 Å². The lowest BCUT2D eigenvalue weighted by Gasteiger charge is -2.31. The number of nitrogens with two attached hydrogens (primary N) is 1. The molecule has 21 heavy (non-hydrogen) atoms. The minimum atomic E-state index is -0.359. The van der Waals surface area contributed by atoms with Gasteiger partial charge in [0, 0.05) is 32.9 Å². The molecular weight excluding hydrogens is 268 g/mol. The van der Waals surface area contributed by atoms with E-state index in [0.29, 0.717) is 6.10 Å². The molecule has 0 aromatic heterocycles. The molecule has 2 aliphatic rings. The monoisotopic (exact) mass is 298 g/mol. The van der Waals surface area contributed by atoms with E-state index in [1.54, 1.807) is 0 Å². The average Bonchev–Trinajstić information content (AvgIpc) is 2.78. The van der Waals surface area contributed by atoms with Gasteiger partial charge in [-0.3, -0.25) is 4.79 Å². The molecule has 0 saturated carbocycles. The van der Waals surface area contributed by atoms with Crippen molar-refractivity contribution >= 4 is 5.91 Å². The van der Waals surface area contributed by atoms with Gasteiger partial charge >= 0.3 is 0 Å². The van der Waals surface area contributed by atoms with Crippen LogP contribution in [-0.2, 0) is 14.3 Å². The van der Waals surface area contributed by atoms with Crippen molar-refractivity contribution < 1.29 is 14.3 Å². The summed E-state index contributed by atoms with van der Waals surface area (Å²) in [4.78, 5) is 14.5. The van der Waals surface area contributed by atoms with E-state index in [1.807, 2.05) is 4.90 Å². The number of hydrogen-bond donors (Lipinski definition) is 1. The van der Waals surface area contributed by atoms with Crippen LogP contribution >= 0.6 is 0 Å². The minimum absolute atomic E-state index is 0.123. The van der Waals surface area contributed by atoms with Crippen LogP contribution in [0.15, 0.2) is 0 Å². The highest BCUT2D eigenvalue weighted by Gasteiger charge is 2.31. The third-order valence-corrected chi connectivity index (χ3v) is 4.60. The summed E-state index contributed by atoms with van der Waals surface area (Å²) in [6.07, 6.45) is 6.17. The molecule has 2 atom stereocenters. The normalized spacial score (nSPS) is 26.4. The van der Waals surface area contributed by atoms with E-state index in [4.69, 9.17) is 15.2 Å². The van der Waals surface area contributed by atoms with Crippen molar-refractivity contribution in [1.29, 1.82) is 0 Å². The lowest BCUT2D eigenvalue weighted by Crippen LogP contribution is -2.49. The second-order valence-corrected chi connectivity index (χ2v) is 6.22. The number of likely N-dealkylation sites (tertiary alicyclic amines) is 1. The molecule has 5 heteroatoms. The van der Waals surface area contributed by atoms with Crippen molar-refractivity contribution in [3.63, 3.8) is 0 Å². The maximum absolute atomic E-state index is 12.6. The Kier molecular flexibility index (Phi) is 6.93. The topological polar surface area (TPSA) is 64.8 Å². The van der Waals surface area contributed by atoms with Crippen molar-refractivity contribution in [3.05, 3.63) is 0 Å². The minimum Gasteiger partial charge on any atom is -0.381 e. The zero-order valence-electron chi connectivity index (χ0n) is 13.3. The lowest BCUT2D eigenvalue weighted by molar-refractivity contribution is -0.134. The van der Waals surface area contributed by atoms with Crippen LogP contribution in [0.1, 0.15) is 45.4 Å². The van der Waals surface area contributed by atoms with Gasteiger partial charge in [0.1, 0.15) is 0 Å². The first-order valence-corrected chi connectivity index (χ1v) is 8.46. The SMILES string of the molecule is CCCOC1CCCN(C(=O)C(N)C2CCOCC2)CC1. The summed E-state index contributed by atoms with van der Waals surface area (Å²) in [6.45, 7) is 6.02. The van der Waals surface area contributed by atoms with E-state index in [1.165, 1.54) is 0 Å². The number of hydrogen-bond acceptors (Lipinski definition) is 4. The van der Waals surface area contributed by atoms with Crippen LogP contribution in [-0.4, -0.2) is 55.9 Å². The summed E-state index contributed by atoms with van der Waals surface area (Å²) in [5, 5.41) is 0. The van der Waals surface area contributed by atoms with E-state index in [-0.39, 0.29) is 17.9 Å². The van der Waals surface area contributed by atoms with E-state index in [0.717, 1.165) is 71.4 Å². The highest BCUT2D eigenvalue weighted by molar-refractivity contribution is 5.82. The molecule has 0 bridgehead atoms. The Balaban J connectivity index is 1.81. The molecular formula is C16H30N2O3. The molecule has 2 N–H and O–H groups in total. The van der Waals surface area contributed by atoms with E-state index in [9.17, 15) is 4.79 Å². The van der Waals surface area contributed by atoms with Gasteiger partial charge < -0.3 is 20.1 Å². The fourth-order valence-corrected chi connectivity index (χ4v) is 3.22. The molecule has 2 fully saturated rings. The Morgan fingerprint density at radius 2 is 2.05 bits per heavy atom. The highest BCUT2D eigenvalue weighted by atomic mass is 16.5.